The Kier molecular flexibility index (Phi) is 9.05. The Balaban J connectivity index is 0.000000278. The van der Waals surface area contributed by atoms with E-state index in [9.17, 15) is 14.7 Å². The number of carbonyl (C=O) groups excluding carboxylic acids is 1. The zero-order valence-corrected chi connectivity index (χ0v) is 17.4. The van der Waals surface area contributed by atoms with Crippen molar-refractivity contribution in [2.75, 3.05) is 5.75 Å². The lowest BCUT2D eigenvalue weighted by molar-refractivity contribution is -0.141. The molecule has 3 rings (SSSR count). The van der Waals surface area contributed by atoms with E-state index in [0.29, 0.717) is 12.3 Å². The Labute approximate surface area is 179 Å². The Hall–Kier alpha value is -2.48. The van der Waals surface area contributed by atoms with Gasteiger partial charge in [-0.3, -0.25) is 4.79 Å². The normalized spacial score (nSPS) is 11.4. The summed E-state index contributed by atoms with van der Waals surface area (Å²) in [5, 5.41) is 13.5. The van der Waals surface area contributed by atoms with E-state index in [1.807, 2.05) is 48.5 Å². The van der Waals surface area contributed by atoms with Gasteiger partial charge in [-0.25, -0.2) is 4.79 Å². The highest BCUT2D eigenvalue weighted by Crippen LogP contribution is 2.19. The van der Waals surface area contributed by atoms with Gasteiger partial charge in [0.2, 0.25) is 5.91 Å². The average Bonchev–Trinajstić information content (AvgIpc) is 3.11. The molecule has 5 N–H and O–H groups in total. The third-order valence-corrected chi connectivity index (χ3v) is 4.65. The SMILES string of the molecule is NCc1cccc(Cl)c1.O=C(CCS)N[C@@H](Cc1c[nH]c2ccccc12)C(=O)O. The molecule has 29 heavy (non-hydrogen) atoms. The number of hydrogen-bond donors (Lipinski definition) is 5. The summed E-state index contributed by atoms with van der Waals surface area (Å²) in [4.78, 5) is 25.9. The number of H-pyrrole nitrogens is 1. The van der Waals surface area contributed by atoms with Gasteiger partial charge in [0, 0.05) is 41.5 Å². The number of aliphatic carboxylic acids is 1. The lowest BCUT2D eigenvalue weighted by atomic mass is 10.0. The topological polar surface area (TPSA) is 108 Å². The Morgan fingerprint density at radius 3 is 2.59 bits per heavy atom. The second-order valence-corrected chi connectivity index (χ2v) is 7.21. The predicted molar refractivity (Wildman–Crippen MR) is 119 cm³/mol. The van der Waals surface area contributed by atoms with Crippen LogP contribution in [0.3, 0.4) is 0 Å². The minimum absolute atomic E-state index is 0.209. The zero-order valence-electron chi connectivity index (χ0n) is 15.8. The van der Waals surface area contributed by atoms with E-state index >= 15 is 0 Å². The largest absolute Gasteiger partial charge is 0.480 e. The van der Waals surface area contributed by atoms with Gasteiger partial charge >= 0.3 is 5.97 Å². The fraction of sp³-hybridized carbons (Fsp3) is 0.238. The van der Waals surface area contributed by atoms with Crippen LogP contribution in [0.1, 0.15) is 17.5 Å². The van der Waals surface area contributed by atoms with Crippen LogP contribution in [0.4, 0.5) is 0 Å². The van der Waals surface area contributed by atoms with Crippen LogP contribution in [-0.4, -0.2) is 33.8 Å². The zero-order chi connectivity index (χ0) is 21.2. The molecule has 0 aliphatic rings. The second kappa shape index (κ2) is 11.5. The first-order valence-corrected chi connectivity index (χ1v) is 10.1. The smallest absolute Gasteiger partial charge is 0.326 e. The van der Waals surface area contributed by atoms with Crippen molar-refractivity contribution in [3.8, 4) is 0 Å². The average molecular weight is 434 g/mol. The molecule has 3 aromatic rings. The molecule has 0 aliphatic carbocycles. The number of fused-ring (bicyclic) bond motifs is 1. The van der Waals surface area contributed by atoms with Crippen molar-refractivity contribution in [1.82, 2.24) is 10.3 Å². The fourth-order valence-corrected chi connectivity index (χ4v) is 3.17. The number of nitrogens with two attached hydrogens (primary N) is 1. The molecule has 0 fully saturated rings. The summed E-state index contributed by atoms with van der Waals surface area (Å²) in [6.07, 6.45) is 2.24. The number of nitrogens with one attached hydrogen (secondary N) is 2. The van der Waals surface area contributed by atoms with Crippen LogP contribution in [0.2, 0.25) is 5.02 Å². The number of aromatic nitrogens is 1. The molecule has 1 aromatic heterocycles. The lowest BCUT2D eigenvalue weighted by Gasteiger charge is -2.13. The maximum absolute atomic E-state index is 11.5. The highest BCUT2D eigenvalue weighted by Gasteiger charge is 2.21. The van der Waals surface area contributed by atoms with Crippen LogP contribution >= 0.6 is 24.2 Å². The molecule has 8 heteroatoms. The summed E-state index contributed by atoms with van der Waals surface area (Å²) >= 11 is 9.63. The van der Waals surface area contributed by atoms with E-state index in [1.54, 1.807) is 6.20 Å². The minimum atomic E-state index is -1.04. The number of carboxylic acid groups (broad SMARTS) is 1. The van der Waals surface area contributed by atoms with Crippen molar-refractivity contribution in [2.24, 2.45) is 5.73 Å². The van der Waals surface area contributed by atoms with Crippen molar-refractivity contribution in [2.45, 2.75) is 25.4 Å². The molecule has 2 aromatic carbocycles. The highest BCUT2D eigenvalue weighted by atomic mass is 35.5. The second-order valence-electron chi connectivity index (χ2n) is 6.33. The number of para-hydroxylation sites is 1. The number of hydrogen-bond acceptors (Lipinski definition) is 4. The van der Waals surface area contributed by atoms with Crippen molar-refractivity contribution in [3.05, 3.63) is 70.9 Å². The van der Waals surface area contributed by atoms with E-state index in [0.717, 1.165) is 27.1 Å². The molecule has 0 unspecified atom stereocenters. The molecule has 6 nitrogen and oxygen atoms in total. The van der Waals surface area contributed by atoms with E-state index < -0.39 is 12.0 Å². The molecule has 0 radical (unpaired) electrons. The van der Waals surface area contributed by atoms with Gasteiger partial charge in [-0.2, -0.15) is 12.6 Å². The molecule has 0 bridgehead atoms. The van der Waals surface area contributed by atoms with Crippen molar-refractivity contribution in [1.29, 1.82) is 0 Å². The number of benzene rings is 2. The van der Waals surface area contributed by atoms with Crippen LogP contribution in [0.15, 0.2) is 54.7 Å². The van der Waals surface area contributed by atoms with Gasteiger partial charge in [-0.1, -0.05) is 41.9 Å². The van der Waals surface area contributed by atoms with Gasteiger partial charge in [0.05, 0.1) is 0 Å². The lowest BCUT2D eigenvalue weighted by Crippen LogP contribution is -2.42. The van der Waals surface area contributed by atoms with Gasteiger partial charge in [0.1, 0.15) is 6.04 Å². The summed E-state index contributed by atoms with van der Waals surface area (Å²) in [5.41, 5.74) is 8.26. The number of thiol groups is 1. The van der Waals surface area contributed by atoms with Gasteiger partial charge < -0.3 is 21.1 Å². The summed E-state index contributed by atoms with van der Waals surface area (Å²) in [6.45, 7) is 0.556. The van der Waals surface area contributed by atoms with Crippen LogP contribution in [0.25, 0.3) is 10.9 Å². The van der Waals surface area contributed by atoms with Crippen LogP contribution in [-0.2, 0) is 22.6 Å². The first-order chi connectivity index (χ1) is 13.9. The van der Waals surface area contributed by atoms with Gasteiger partial charge in [0.25, 0.3) is 0 Å². The predicted octanol–water partition coefficient (Wildman–Crippen LogP) is 3.40. The Morgan fingerprint density at radius 1 is 1.21 bits per heavy atom. The quantitative estimate of drug-likeness (QED) is 0.368. The van der Waals surface area contributed by atoms with Gasteiger partial charge in [-0.05, 0) is 35.1 Å². The first-order valence-electron chi connectivity index (χ1n) is 9.07. The number of halogens is 1. The molecule has 0 saturated heterocycles. The summed E-state index contributed by atoms with van der Waals surface area (Å²) in [6, 6.07) is 14.3. The van der Waals surface area contributed by atoms with Crippen molar-refractivity contribution >= 4 is 47.0 Å². The van der Waals surface area contributed by atoms with Crippen molar-refractivity contribution in [3.63, 3.8) is 0 Å². The van der Waals surface area contributed by atoms with E-state index in [4.69, 9.17) is 17.3 Å². The third-order valence-electron chi connectivity index (χ3n) is 4.20. The van der Waals surface area contributed by atoms with Gasteiger partial charge in [-0.15, -0.1) is 0 Å². The number of aromatic amines is 1. The number of rotatable bonds is 7. The van der Waals surface area contributed by atoms with E-state index in [2.05, 4.69) is 22.9 Å². The summed E-state index contributed by atoms with van der Waals surface area (Å²) in [7, 11) is 0. The fourth-order valence-electron chi connectivity index (χ4n) is 2.75. The number of amides is 1. The molecular weight excluding hydrogens is 410 g/mol. The maximum Gasteiger partial charge on any atom is 0.326 e. The summed E-state index contributed by atoms with van der Waals surface area (Å²) in [5.74, 6) is -0.944. The summed E-state index contributed by atoms with van der Waals surface area (Å²) < 4.78 is 0. The van der Waals surface area contributed by atoms with Crippen LogP contribution in [0.5, 0.6) is 0 Å². The first kappa shape index (κ1) is 22.8. The molecule has 1 amide bonds. The van der Waals surface area contributed by atoms with E-state index in [-0.39, 0.29) is 18.7 Å². The molecule has 0 saturated carbocycles. The number of carboxylic acids is 1. The molecule has 0 aliphatic heterocycles. The third kappa shape index (κ3) is 7.12. The standard InChI is InChI=1S/C14H16N2O3S.C7H8ClN/c17-13(5-6-20)16-12(14(18)19)7-9-8-15-11-4-2-1-3-10(9)11;8-7-3-1-2-6(4-7)5-9/h1-4,8,12,15,20H,5-7H2,(H,16,17)(H,18,19);1-4H,5,9H2/t12-;/m0./s1. The number of carbonyl (C=O) groups is 2. The van der Waals surface area contributed by atoms with Crippen LogP contribution in [0, 0.1) is 0 Å². The van der Waals surface area contributed by atoms with Gasteiger partial charge in [0.15, 0.2) is 0 Å². The Morgan fingerprint density at radius 2 is 1.97 bits per heavy atom. The maximum atomic E-state index is 11.5. The molecule has 0 spiro atoms. The molecule has 1 atom stereocenters. The van der Waals surface area contributed by atoms with E-state index in [1.165, 1.54) is 0 Å². The molecule has 1 heterocycles. The van der Waals surface area contributed by atoms with Crippen molar-refractivity contribution < 1.29 is 14.7 Å². The highest BCUT2D eigenvalue weighted by molar-refractivity contribution is 7.80. The molecule has 154 valence electrons. The monoisotopic (exact) mass is 433 g/mol. The minimum Gasteiger partial charge on any atom is -0.480 e. The Bertz CT molecular complexity index is 961. The molecular formula is C21H24ClN3O3S. The van der Waals surface area contributed by atoms with Crippen LogP contribution < -0.4 is 11.1 Å².